The zero-order valence-electron chi connectivity index (χ0n) is 10.1. The van der Waals surface area contributed by atoms with E-state index in [2.05, 4.69) is 14.9 Å². The molecule has 0 amide bonds. The van der Waals surface area contributed by atoms with Gasteiger partial charge in [-0.3, -0.25) is 4.40 Å². The third-order valence-electron chi connectivity index (χ3n) is 2.48. The van der Waals surface area contributed by atoms with Crippen LogP contribution in [0.15, 0.2) is 23.5 Å². The summed E-state index contributed by atoms with van der Waals surface area (Å²) in [5.41, 5.74) is -1.40. The van der Waals surface area contributed by atoms with Crippen LogP contribution >= 0.6 is 0 Å². The standard InChI is InChI=1S/C11H8F3N3O3/c1-2-20-10(18)8-9(16-19)17-5-6(11(12,13)14)3-4-7(17)15-8/h3-5H,2H2,1H3. The molecule has 0 saturated carbocycles. The lowest BCUT2D eigenvalue weighted by molar-refractivity contribution is -0.137. The largest absolute Gasteiger partial charge is 0.461 e. The van der Waals surface area contributed by atoms with E-state index in [-0.39, 0.29) is 12.3 Å². The van der Waals surface area contributed by atoms with E-state index < -0.39 is 29.2 Å². The molecule has 0 atom stereocenters. The molecule has 6 nitrogen and oxygen atoms in total. The molecule has 0 aliphatic rings. The van der Waals surface area contributed by atoms with Crippen molar-refractivity contribution < 1.29 is 22.7 Å². The van der Waals surface area contributed by atoms with E-state index in [1.807, 2.05) is 0 Å². The van der Waals surface area contributed by atoms with E-state index in [1.165, 1.54) is 0 Å². The zero-order chi connectivity index (χ0) is 14.9. The number of hydrogen-bond acceptors (Lipinski definition) is 5. The van der Waals surface area contributed by atoms with Gasteiger partial charge in [-0.15, -0.1) is 4.91 Å². The maximum atomic E-state index is 12.6. The fourth-order valence-corrected chi connectivity index (χ4v) is 1.62. The van der Waals surface area contributed by atoms with Crippen molar-refractivity contribution in [2.75, 3.05) is 6.61 Å². The minimum Gasteiger partial charge on any atom is -0.461 e. The number of rotatable bonds is 3. The highest BCUT2D eigenvalue weighted by Gasteiger charge is 2.32. The summed E-state index contributed by atoms with van der Waals surface area (Å²) in [7, 11) is 0. The number of ether oxygens (including phenoxy) is 1. The Balaban J connectivity index is 2.64. The molecule has 9 heteroatoms. The number of nitrogens with zero attached hydrogens (tertiary/aromatic N) is 3. The smallest absolute Gasteiger partial charge is 0.417 e. The normalized spacial score (nSPS) is 11.6. The maximum absolute atomic E-state index is 12.6. The van der Waals surface area contributed by atoms with E-state index >= 15 is 0 Å². The van der Waals surface area contributed by atoms with Crippen LogP contribution in [-0.2, 0) is 10.9 Å². The Hall–Kier alpha value is -2.45. The van der Waals surface area contributed by atoms with E-state index in [0.29, 0.717) is 6.20 Å². The summed E-state index contributed by atoms with van der Waals surface area (Å²) < 4.78 is 43.3. The fraction of sp³-hybridized carbons (Fsp3) is 0.273. The summed E-state index contributed by atoms with van der Waals surface area (Å²) in [6, 6.07) is 1.84. The number of fused-ring (bicyclic) bond motifs is 1. The van der Waals surface area contributed by atoms with Gasteiger partial charge in [-0.25, -0.2) is 9.78 Å². The van der Waals surface area contributed by atoms with Gasteiger partial charge in [-0.1, -0.05) is 0 Å². The third kappa shape index (κ3) is 2.33. The van der Waals surface area contributed by atoms with Gasteiger partial charge < -0.3 is 4.74 Å². The first-order chi connectivity index (χ1) is 9.38. The molecule has 0 spiro atoms. The predicted octanol–water partition coefficient (Wildman–Crippen LogP) is 2.93. The average Bonchev–Trinajstić information content (AvgIpc) is 2.75. The van der Waals surface area contributed by atoms with Gasteiger partial charge in [0.2, 0.25) is 5.82 Å². The SMILES string of the molecule is CCOC(=O)c1nc2ccc(C(F)(F)F)cn2c1N=O. The molecule has 20 heavy (non-hydrogen) atoms. The van der Waals surface area contributed by atoms with Gasteiger partial charge in [-0.2, -0.15) is 13.2 Å². The predicted molar refractivity (Wildman–Crippen MR) is 61.6 cm³/mol. The van der Waals surface area contributed by atoms with E-state index in [1.54, 1.807) is 6.92 Å². The van der Waals surface area contributed by atoms with Crippen molar-refractivity contribution in [1.29, 1.82) is 0 Å². The summed E-state index contributed by atoms with van der Waals surface area (Å²) in [6.07, 6.45) is -3.93. The van der Waals surface area contributed by atoms with Gasteiger partial charge in [0, 0.05) is 6.20 Å². The number of nitroso groups, excluding NO2 is 1. The quantitative estimate of drug-likeness (QED) is 0.642. The van der Waals surface area contributed by atoms with E-state index in [4.69, 9.17) is 0 Å². The highest BCUT2D eigenvalue weighted by Crippen LogP contribution is 2.31. The molecule has 2 aromatic heterocycles. The van der Waals surface area contributed by atoms with Crippen LogP contribution in [0, 0.1) is 4.91 Å². The molecule has 0 aliphatic carbocycles. The number of aromatic nitrogens is 2. The van der Waals surface area contributed by atoms with Gasteiger partial charge in [0.1, 0.15) is 5.65 Å². The minimum absolute atomic E-state index is 0.00402. The van der Waals surface area contributed by atoms with Crippen LogP contribution in [0.1, 0.15) is 23.0 Å². The van der Waals surface area contributed by atoms with Crippen molar-refractivity contribution in [3.8, 4) is 0 Å². The van der Waals surface area contributed by atoms with Crippen molar-refractivity contribution in [1.82, 2.24) is 9.38 Å². The average molecular weight is 287 g/mol. The second kappa shape index (κ2) is 4.91. The van der Waals surface area contributed by atoms with Crippen molar-refractivity contribution >= 4 is 17.4 Å². The molecule has 0 aromatic carbocycles. The number of pyridine rings is 1. The Morgan fingerprint density at radius 2 is 2.15 bits per heavy atom. The number of alkyl halides is 3. The summed E-state index contributed by atoms with van der Waals surface area (Å²) in [6.45, 7) is 1.59. The highest BCUT2D eigenvalue weighted by atomic mass is 19.4. The minimum atomic E-state index is -4.58. The first kappa shape index (κ1) is 14.0. The number of hydrogen-bond donors (Lipinski definition) is 0. The molecule has 0 aliphatic heterocycles. The van der Waals surface area contributed by atoms with Crippen LogP contribution in [0.25, 0.3) is 5.65 Å². The Morgan fingerprint density at radius 3 is 2.70 bits per heavy atom. The molecule has 0 bridgehead atoms. The number of imidazole rings is 1. The summed E-state index contributed by atoms with van der Waals surface area (Å²) >= 11 is 0. The molecular formula is C11H8F3N3O3. The van der Waals surface area contributed by atoms with Crippen LogP contribution in [0.2, 0.25) is 0 Å². The third-order valence-corrected chi connectivity index (χ3v) is 2.48. The van der Waals surface area contributed by atoms with Crippen molar-refractivity contribution in [2.45, 2.75) is 13.1 Å². The first-order valence-corrected chi connectivity index (χ1v) is 5.48. The summed E-state index contributed by atoms with van der Waals surface area (Å²) in [4.78, 5) is 26.1. The monoisotopic (exact) mass is 287 g/mol. The van der Waals surface area contributed by atoms with Crippen molar-refractivity contribution in [3.05, 3.63) is 34.5 Å². The van der Waals surface area contributed by atoms with Gasteiger partial charge >= 0.3 is 12.1 Å². The molecule has 0 N–H and O–H groups in total. The van der Waals surface area contributed by atoms with Crippen LogP contribution in [-0.4, -0.2) is 22.0 Å². The van der Waals surface area contributed by atoms with Crippen LogP contribution in [0.4, 0.5) is 19.0 Å². The number of carbonyl (C=O) groups excluding carboxylic acids is 1. The molecule has 2 aromatic rings. The van der Waals surface area contributed by atoms with Crippen LogP contribution in [0.5, 0.6) is 0 Å². The summed E-state index contributed by atoms with van der Waals surface area (Å²) in [5.74, 6) is -1.44. The van der Waals surface area contributed by atoms with Crippen LogP contribution in [0.3, 0.4) is 0 Å². The zero-order valence-corrected chi connectivity index (χ0v) is 10.1. The van der Waals surface area contributed by atoms with Gasteiger partial charge in [0.05, 0.1) is 12.2 Å². The lowest BCUT2D eigenvalue weighted by atomic mass is 10.3. The second-order valence-electron chi connectivity index (χ2n) is 3.74. The summed E-state index contributed by atoms with van der Waals surface area (Å²) in [5, 5.41) is 2.57. The Bertz CT molecular complexity index is 679. The fourth-order valence-electron chi connectivity index (χ4n) is 1.62. The van der Waals surface area contributed by atoms with E-state index in [0.717, 1.165) is 16.5 Å². The van der Waals surface area contributed by atoms with Gasteiger partial charge in [0.15, 0.2) is 5.69 Å². The lowest BCUT2D eigenvalue weighted by Crippen LogP contribution is -2.06. The Kier molecular flexibility index (Phi) is 3.43. The van der Waals surface area contributed by atoms with Gasteiger partial charge in [0.25, 0.3) is 0 Å². The first-order valence-electron chi connectivity index (χ1n) is 5.48. The van der Waals surface area contributed by atoms with E-state index in [9.17, 15) is 22.9 Å². The second-order valence-corrected chi connectivity index (χ2v) is 3.74. The number of carbonyl (C=O) groups is 1. The molecule has 0 radical (unpaired) electrons. The maximum Gasteiger partial charge on any atom is 0.417 e. The topological polar surface area (TPSA) is 73.0 Å². The molecule has 106 valence electrons. The molecule has 0 fully saturated rings. The number of esters is 1. The molecule has 0 unspecified atom stereocenters. The molecular weight excluding hydrogens is 279 g/mol. The van der Waals surface area contributed by atoms with Crippen LogP contribution < -0.4 is 0 Å². The van der Waals surface area contributed by atoms with Crippen molar-refractivity contribution in [3.63, 3.8) is 0 Å². The Labute approximate surface area is 110 Å². The highest BCUT2D eigenvalue weighted by molar-refractivity contribution is 5.93. The lowest BCUT2D eigenvalue weighted by Gasteiger charge is -2.06. The molecule has 2 heterocycles. The molecule has 2 rings (SSSR count). The Morgan fingerprint density at radius 1 is 1.45 bits per heavy atom. The number of halogens is 3. The van der Waals surface area contributed by atoms with Crippen molar-refractivity contribution in [2.24, 2.45) is 5.18 Å². The van der Waals surface area contributed by atoms with Gasteiger partial charge in [-0.05, 0) is 24.2 Å². The molecule has 0 saturated heterocycles.